The van der Waals surface area contributed by atoms with Crippen LogP contribution in [0.1, 0.15) is 25.0 Å². The van der Waals surface area contributed by atoms with E-state index in [1.165, 1.54) is 5.56 Å². The summed E-state index contributed by atoms with van der Waals surface area (Å²) in [6, 6.07) is 15.1. The van der Waals surface area contributed by atoms with E-state index in [4.69, 9.17) is 4.74 Å². The Bertz CT molecular complexity index is 690. The third kappa shape index (κ3) is 7.95. The fourth-order valence-electron chi connectivity index (χ4n) is 2.32. The molecule has 0 heterocycles. The topological polar surface area (TPSA) is 65.9 Å². The van der Waals surface area contributed by atoms with Gasteiger partial charge in [-0.2, -0.15) is 0 Å². The molecule has 0 amide bonds. The molecule has 26 heavy (non-hydrogen) atoms. The van der Waals surface area contributed by atoms with Gasteiger partial charge in [0, 0.05) is 6.54 Å². The van der Waals surface area contributed by atoms with Gasteiger partial charge in [-0.15, -0.1) is 24.0 Å². The highest BCUT2D eigenvalue weighted by molar-refractivity contribution is 14.0. The Morgan fingerprint density at radius 1 is 1.15 bits per heavy atom. The first-order valence-corrected chi connectivity index (χ1v) is 8.60. The van der Waals surface area contributed by atoms with Crippen LogP contribution in [-0.2, 0) is 6.54 Å². The molecular weight excluding hydrogens is 441 g/mol. The van der Waals surface area contributed by atoms with Gasteiger partial charge in [0.15, 0.2) is 5.96 Å². The lowest BCUT2D eigenvalue weighted by Crippen LogP contribution is -2.41. The molecule has 0 spiro atoms. The van der Waals surface area contributed by atoms with Gasteiger partial charge in [-0.3, -0.25) is 0 Å². The summed E-state index contributed by atoms with van der Waals surface area (Å²) in [5, 5.41) is 15.9. The number of guanidine groups is 1. The second-order valence-electron chi connectivity index (χ2n) is 5.99. The number of phenolic OH excluding ortho intramolecular Hbond substituents is 1. The van der Waals surface area contributed by atoms with Crippen LogP contribution in [0.15, 0.2) is 53.5 Å². The molecule has 142 valence electrons. The molecule has 3 N–H and O–H groups in total. The smallest absolute Gasteiger partial charge is 0.191 e. The lowest BCUT2D eigenvalue weighted by Gasteiger charge is -2.18. The summed E-state index contributed by atoms with van der Waals surface area (Å²) in [6.45, 7) is 8.09. The van der Waals surface area contributed by atoms with Crippen LogP contribution in [0.3, 0.4) is 0 Å². The highest BCUT2D eigenvalue weighted by atomic mass is 127. The normalized spacial score (nSPS) is 12.0. The van der Waals surface area contributed by atoms with Crippen molar-refractivity contribution >= 4 is 29.9 Å². The second kappa shape index (κ2) is 11.6. The lowest BCUT2D eigenvalue weighted by molar-refractivity contribution is 0.223. The van der Waals surface area contributed by atoms with Gasteiger partial charge >= 0.3 is 0 Å². The maximum Gasteiger partial charge on any atom is 0.191 e. The van der Waals surface area contributed by atoms with Crippen LogP contribution in [-0.4, -0.2) is 30.3 Å². The molecule has 1 unspecified atom stereocenters. The number of benzene rings is 2. The van der Waals surface area contributed by atoms with Gasteiger partial charge in [0.05, 0.1) is 13.1 Å². The third-order valence-corrected chi connectivity index (χ3v) is 3.58. The van der Waals surface area contributed by atoms with Gasteiger partial charge in [0.1, 0.15) is 17.6 Å². The number of halogens is 1. The van der Waals surface area contributed by atoms with Gasteiger partial charge in [0.2, 0.25) is 0 Å². The van der Waals surface area contributed by atoms with Crippen molar-refractivity contribution in [1.29, 1.82) is 0 Å². The molecule has 2 rings (SSSR count). The van der Waals surface area contributed by atoms with E-state index >= 15 is 0 Å². The van der Waals surface area contributed by atoms with Crippen LogP contribution in [0.25, 0.3) is 0 Å². The summed E-state index contributed by atoms with van der Waals surface area (Å²) >= 11 is 0. The van der Waals surface area contributed by atoms with Crippen LogP contribution in [0.2, 0.25) is 0 Å². The Balaban J connectivity index is 0.00000338. The fourth-order valence-corrected chi connectivity index (χ4v) is 2.32. The average Bonchev–Trinajstić information content (AvgIpc) is 2.59. The largest absolute Gasteiger partial charge is 0.508 e. The molecule has 0 saturated carbocycles. The zero-order chi connectivity index (χ0) is 18.1. The Morgan fingerprint density at radius 3 is 2.54 bits per heavy atom. The average molecular weight is 469 g/mol. The van der Waals surface area contributed by atoms with Crippen molar-refractivity contribution < 1.29 is 9.84 Å². The maximum absolute atomic E-state index is 9.33. The van der Waals surface area contributed by atoms with Gasteiger partial charge < -0.3 is 20.5 Å². The van der Waals surface area contributed by atoms with E-state index < -0.39 is 0 Å². The van der Waals surface area contributed by atoms with E-state index in [0.717, 1.165) is 23.8 Å². The number of nitrogens with one attached hydrogen (secondary N) is 2. The van der Waals surface area contributed by atoms with Crippen LogP contribution < -0.4 is 15.4 Å². The molecule has 6 heteroatoms. The van der Waals surface area contributed by atoms with E-state index in [0.29, 0.717) is 13.1 Å². The molecule has 0 aliphatic rings. The number of aliphatic imine (C=N–C) groups is 1. The standard InChI is InChI=1S/C20H27N3O2.HI/c1-4-21-20(23-14-17-8-10-18(24)11-9-17)22-13-16(3)25-19-7-5-6-15(2)12-19;/h5-12,16,24H,4,13-14H2,1-3H3,(H2,21,22,23);1H. The molecule has 0 aliphatic carbocycles. The van der Waals surface area contributed by atoms with Crippen LogP contribution in [0, 0.1) is 6.92 Å². The van der Waals surface area contributed by atoms with Gasteiger partial charge in [-0.1, -0.05) is 24.3 Å². The number of rotatable bonds is 7. The number of aromatic hydroxyl groups is 1. The van der Waals surface area contributed by atoms with Crippen LogP contribution in [0.5, 0.6) is 11.5 Å². The Labute approximate surface area is 172 Å². The minimum absolute atomic E-state index is 0. The summed E-state index contributed by atoms with van der Waals surface area (Å²) in [4.78, 5) is 4.56. The van der Waals surface area contributed by atoms with E-state index in [2.05, 4.69) is 28.6 Å². The van der Waals surface area contributed by atoms with Gasteiger partial charge in [-0.05, 0) is 56.2 Å². The molecule has 0 aliphatic heterocycles. The minimum Gasteiger partial charge on any atom is -0.508 e. The number of aryl methyl sites for hydroxylation is 1. The van der Waals surface area contributed by atoms with Crippen molar-refractivity contribution in [3.05, 3.63) is 59.7 Å². The highest BCUT2D eigenvalue weighted by Crippen LogP contribution is 2.14. The van der Waals surface area contributed by atoms with Crippen molar-refractivity contribution in [3.63, 3.8) is 0 Å². The van der Waals surface area contributed by atoms with Crippen molar-refractivity contribution in [2.24, 2.45) is 4.99 Å². The molecule has 0 saturated heterocycles. The molecule has 0 fully saturated rings. The summed E-state index contributed by atoms with van der Waals surface area (Å²) in [5.41, 5.74) is 2.22. The number of phenols is 1. The van der Waals surface area contributed by atoms with Crippen molar-refractivity contribution in [2.45, 2.75) is 33.4 Å². The summed E-state index contributed by atoms with van der Waals surface area (Å²) in [5.74, 6) is 1.88. The molecule has 2 aromatic rings. The summed E-state index contributed by atoms with van der Waals surface area (Å²) < 4.78 is 5.93. The first-order chi connectivity index (χ1) is 12.1. The van der Waals surface area contributed by atoms with E-state index in [-0.39, 0.29) is 35.8 Å². The van der Waals surface area contributed by atoms with E-state index in [9.17, 15) is 5.11 Å². The van der Waals surface area contributed by atoms with Crippen LogP contribution >= 0.6 is 24.0 Å². The number of nitrogens with zero attached hydrogens (tertiary/aromatic N) is 1. The van der Waals surface area contributed by atoms with Gasteiger partial charge in [-0.25, -0.2) is 4.99 Å². The molecule has 1 atom stereocenters. The zero-order valence-electron chi connectivity index (χ0n) is 15.5. The lowest BCUT2D eigenvalue weighted by atomic mass is 10.2. The second-order valence-corrected chi connectivity index (χ2v) is 5.99. The molecule has 0 aromatic heterocycles. The molecule has 5 nitrogen and oxygen atoms in total. The highest BCUT2D eigenvalue weighted by Gasteiger charge is 2.06. The predicted octanol–water partition coefficient (Wildman–Crippen LogP) is 3.84. The summed E-state index contributed by atoms with van der Waals surface area (Å²) in [6.07, 6.45) is 0.0133. The summed E-state index contributed by atoms with van der Waals surface area (Å²) in [7, 11) is 0. The number of hydrogen-bond acceptors (Lipinski definition) is 3. The Kier molecular flexibility index (Phi) is 9.87. The number of ether oxygens (including phenoxy) is 1. The monoisotopic (exact) mass is 469 g/mol. The number of hydrogen-bond donors (Lipinski definition) is 3. The first kappa shape index (κ1) is 22.1. The third-order valence-electron chi connectivity index (χ3n) is 3.58. The first-order valence-electron chi connectivity index (χ1n) is 8.60. The zero-order valence-corrected chi connectivity index (χ0v) is 17.9. The van der Waals surface area contributed by atoms with Crippen molar-refractivity contribution in [2.75, 3.05) is 13.1 Å². The van der Waals surface area contributed by atoms with Crippen molar-refractivity contribution in [3.8, 4) is 11.5 Å². The van der Waals surface area contributed by atoms with Crippen LogP contribution in [0.4, 0.5) is 0 Å². The quantitative estimate of drug-likeness (QED) is 0.328. The Morgan fingerprint density at radius 2 is 1.88 bits per heavy atom. The molecule has 2 aromatic carbocycles. The molecular formula is C20H28IN3O2. The van der Waals surface area contributed by atoms with E-state index in [1.54, 1.807) is 12.1 Å². The predicted molar refractivity (Wildman–Crippen MR) is 118 cm³/mol. The van der Waals surface area contributed by atoms with Crippen molar-refractivity contribution in [1.82, 2.24) is 10.6 Å². The fraction of sp³-hybridized carbons (Fsp3) is 0.350. The molecule has 0 radical (unpaired) electrons. The minimum atomic E-state index is 0. The Hall–Kier alpha value is -1.96. The van der Waals surface area contributed by atoms with E-state index in [1.807, 2.05) is 44.2 Å². The SMILES string of the molecule is CCNC(=NCc1ccc(O)cc1)NCC(C)Oc1cccc(C)c1.I. The van der Waals surface area contributed by atoms with Gasteiger partial charge in [0.25, 0.3) is 0 Å². The molecule has 0 bridgehead atoms. The maximum atomic E-state index is 9.33.